The molecule has 0 atom stereocenters. The van der Waals surface area contributed by atoms with Gasteiger partial charge in [0.05, 0.1) is 79.3 Å². The molecule has 7 heteroatoms. The topological polar surface area (TPSA) is 64.6 Å². The van der Waals surface area contributed by atoms with E-state index < -0.39 is 0 Å². The van der Waals surface area contributed by atoms with Gasteiger partial charge in [0.15, 0.2) is 0 Å². The van der Waals surface area contributed by atoms with Crippen LogP contribution in [0, 0.1) is 11.8 Å². The molecule has 0 bridgehead atoms. The van der Waals surface area contributed by atoms with Gasteiger partial charge in [-0.05, 0) is 24.7 Å². The van der Waals surface area contributed by atoms with Crippen molar-refractivity contribution in [1.82, 2.24) is 0 Å². The normalized spacial score (nSPS) is 11.8. The number of rotatable bonds is 24. The zero-order chi connectivity index (χ0) is 21.4. The summed E-state index contributed by atoms with van der Waals surface area (Å²) in [6, 6.07) is 0. The second-order valence-electron chi connectivity index (χ2n) is 7.65. The van der Waals surface area contributed by atoms with E-state index in [0.717, 1.165) is 26.1 Å². The Labute approximate surface area is 178 Å². The van der Waals surface area contributed by atoms with Gasteiger partial charge in [0.25, 0.3) is 0 Å². The number of hydrogen-bond donors (Lipinski definition) is 0. The molecule has 0 unspecified atom stereocenters. The highest BCUT2D eigenvalue weighted by Gasteiger charge is 1.96. The first kappa shape index (κ1) is 28.7. The van der Waals surface area contributed by atoms with E-state index in [9.17, 15) is 0 Å². The van der Waals surface area contributed by atoms with Crippen molar-refractivity contribution in [3.05, 3.63) is 0 Å². The van der Waals surface area contributed by atoms with Crippen LogP contribution in [0.4, 0.5) is 0 Å². The summed E-state index contributed by atoms with van der Waals surface area (Å²) in [4.78, 5) is 0. The van der Waals surface area contributed by atoms with Gasteiger partial charge in [-0.25, -0.2) is 0 Å². The van der Waals surface area contributed by atoms with Crippen molar-refractivity contribution in [2.75, 3.05) is 92.5 Å². The predicted octanol–water partition coefficient (Wildman–Crippen LogP) is 3.19. The van der Waals surface area contributed by atoms with E-state index in [1.807, 2.05) is 0 Å². The predicted molar refractivity (Wildman–Crippen MR) is 115 cm³/mol. The summed E-state index contributed by atoms with van der Waals surface area (Å²) in [7, 11) is 0. The molecular formula is C22H46O7. The average molecular weight is 423 g/mol. The molecule has 29 heavy (non-hydrogen) atoms. The van der Waals surface area contributed by atoms with Gasteiger partial charge >= 0.3 is 0 Å². The summed E-state index contributed by atoms with van der Waals surface area (Å²) in [5, 5.41) is 0. The molecule has 0 aliphatic rings. The van der Waals surface area contributed by atoms with Crippen molar-refractivity contribution < 1.29 is 33.2 Å². The molecule has 0 aromatic heterocycles. The quantitative estimate of drug-likeness (QED) is 0.221. The van der Waals surface area contributed by atoms with E-state index in [0.29, 0.717) is 91.1 Å². The van der Waals surface area contributed by atoms with Gasteiger partial charge in [-0.3, -0.25) is 0 Å². The summed E-state index contributed by atoms with van der Waals surface area (Å²) >= 11 is 0. The molecule has 0 rings (SSSR count). The summed E-state index contributed by atoms with van der Waals surface area (Å²) in [5.41, 5.74) is 0. The Bertz CT molecular complexity index is 273. The highest BCUT2D eigenvalue weighted by molar-refractivity contribution is 4.43. The maximum atomic E-state index is 5.47. The van der Waals surface area contributed by atoms with Crippen molar-refractivity contribution in [3.8, 4) is 0 Å². The van der Waals surface area contributed by atoms with Crippen LogP contribution in [0.15, 0.2) is 0 Å². The van der Waals surface area contributed by atoms with Crippen molar-refractivity contribution in [2.24, 2.45) is 11.8 Å². The Balaban J connectivity index is 3.00. The third-order valence-electron chi connectivity index (χ3n) is 3.91. The Morgan fingerprint density at radius 3 is 0.655 bits per heavy atom. The molecule has 0 amide bonds. The molecule has 0 heterocycles. The molecule has 176 valence electrons. The van der Waals surface area contributed by atoms with E-state index in [1.165, 1.54) is 0 Å². The van der Waals surface area contributed by atoms with Crippen LogP contribution in [-0.4, -0.2) is 92.5 Å². The third kappa shape index (κ3) is 27.7. The van der Waals surface area contributed by atoms with Crippen molar-refractivity contribution >= 4 is 0 Å². The van der Waals surface area contributed by atoms with E-state index >= 15 is 0 Å². The first-order valence-electron chi connectivity index (χ1n) is 11.2. The Hall–Kier alpha value is -0.280. The molecule has 0 aliphatic carbocycles. The van der Waals surface area contributed by atoms with Gasteiger partial charge < -0.3 is 33.2 Å². The van der Waals surface area contributed by atoms with Crippen molar-refractivity contribution in [3.63, 3.8) is 0 Å². The highest BCUT2D eigenvalue weighted by atomic mass is 16.6. The first-order valence-corrected chi connectivity index (χ1v) is 11.2. The molecule has 0 aromatic rings. The molecule has 7 nitrogen and oxygen atoms in total. The van der Waals surface area contributed by atoms with Crippen LogP contribution in [0.1, 0.15) is 40.5 Å². The lowest BCUT2D eigenvalue weighted by atomic mass is 10.1. The molecular weight excluding hydrogens is 376 g/mol. The lowest BCUT2D eigenvalue weighted by Crippen LogP contribution is -2.14. The standard InChI is InChI=1S/C22H46O7/c1-21(2)5-7-23-9-11-25-13-15-27-17-19-29-20-18-28-16-14-26-12-10-24-8-6-22(3)4/h21-22H,5-20H2,1-4H3. The van der Waals surface area contributed by atoms with Gasteiger partial charge in [-0.2, -0.15) is 0 Å². The molecule has 0 radical (unpaired) electrons. The monoisotopic (exact) mass is 422 g/mol. The summed E-state index contributed by atoms with van der Waals surface area (Å²) in [6.07, 6.45) is 2.19. The van der Waals surface area contributed by atoms with Crippen LogP contribution in [0.3, 0.4) is 0 Å². The van der Waals surface area contributed by atoms with E-state index in [1.54, 1.807) is 0 Å². The minimum absolute atomic E-state index is 0.561. The van der Waals surface area contributed by atoms with Gasteiger partial charge in [-0.15, -0.1) is 0 Å². The maximum Gasteiger partial charge on any atom is 0.0701 e. The fraction of sp³-hybridized carbons (Fsp3) is 1.00. The van der Waals surface area contributed by atoms with Crippen molar-refractivity contribution in [1.29, 1.82) is 0 Å². The molecule has 0 aromatic carbocycles. The Morgan fingerprint density at radius 1 is 0.310 bits per heavy atom. The van der Waals surface area contributed by atoms with E-state index in [4.69, 9.17) is 33.2 Å². The summed E-state index contributed by atoms with van der Waals surface area (Å²) in [5.74, 6) is 1.36. The van der Waals surface area contributed by atoms with Crippen LogP contribution in [0.25, 0.3) is 0 Å². The van der Waals surface area contributed by atoms with Crippen LogP contribution in [0.5, 0.6) is 0 Å². The Kier molecular flexibility index (Phi) is 23.8. The molecule has 0 saturated heterocycles. The van der Waals surface area contributed by atoms with Gasteiger partial charge in [-0.1, -0.05) is 27.7 Å². The zero-order valence-corrected chi connectivity index (χ0v) is 19.3. The fourth-order valence-electron chi connectivity index (χ4n) is 2.06. The van der Waals surface area contributed by atoms with Crippen molar-refractivity contribution in [2.45, 2.75) is 40.5 Å². The van der Waals surface area contributed by atoms with Crippen LogP contribution in [0.2, 0.25) is 0 Å². The second-order valence-corrected chi connectivity index (χ2v) is 7.65. The van der Waals surface area contributed by atoms with Crippen LogP contribution < -0.4 is 0 Å². The van der Waals surface area contributed by atoms with Crippen LogP contribution >= 0.6 is 0 Å². The second kappa shape index (κ2) is 24.0. The maximum absolute atomic E-state index is 5.47. The van der Waals surface area contributed by atoms with Gasteiger partial charge in [0.1, 0.15) is 0 Å². The van der Waals surface area contributed by atoms with Gasteiger partial charge in [0.2, 0.25) is 0 Å². The minimum Gasteiger partial charge on any atom is -0.379 e. The molecule has 0 aliphatic heterocycles. The Morgan fingerprint density at radius 2 is 0.483 bits per heavy atom. The van der Waals surface area contributed by atoms with Gasteiger partial charge in [0, 0.05) is 13.2 Å². The number of hydrogen-bond acceptors (Lipinski definition) is 7. The minimum atomic E-state index is 0.561. The fourth-order valence-corrected chi connectivity index (χ4v) is 2.06. The largest absolute Gasteiger partial charge is 0.379 e. The molecule has 0 saturated carbocycles. The summed E-state index contributed by atoms with van der Waals surface area (Å²) in [6.45, 7) is 17.5. The molecule has 0 fully saturated rings. The number of ether oxygens (including phenoxy) is 7. The molecule has 0 N–H and O–H groups in total. The van der Waals surface area contributed by atoms with E-state index in [-0.39, 0.29) is 0 Å². The van der Waals surface area contributed by atoms with E-state index in [2.05, 4.69) is 27.7 Å². The third-order valence-corrected chi connectivity index (χ3v) is 3.91. The highest BCUT2D eigenvalue weighted by Crippen LogP contribution is 1.99. The lowest BCUT2D eigenvalue weighted by Gasteiger charge is -2.09. The first-order chi connectivity index (χ1) is 14.1. The smallest absolute Gasteiger partial charge is 0.0701 e. The molecule has 0 spiro atoms. The van der Waals surface area contributed by atoms with Crippen LogP contribution in [-0.2, 0) is 33.2 Å². The SMILES string of the molecule is CC(C)CCOCCOCCOCCOCCOCCOCCOCCC(C)C. The average Bonchev–Trinajstić information content (AvgIpc) is 2.68. The zero-order valence-electron chi connectivity index (χ0n) is 19.3. The summed E-state index contributed by atoms with van der Waals surface area (Å²) < 4.78 is 38.2. The lowest BCUT2D eigenvalue weighted by molar-refractivity contribution is -0.0209.